The van der Waals surface area contributed by atoms with Crippen molar-refractivity contribution in [3.05, 3.63) is 60.8 Å². The predicted molar refractivity (Wildman–Crippen MR) is 240 cm³/mol. The van der Waals surface area contributed by atoms with Crippen LogP contribution in [0.1, 0.15) is 187 Å². The van der Waals surface area contributed by atoms with Crippen molar-refractivity contribution in [1.82, 2.24) is 0 Å². The molecule has 3 atom stereocenters. The van der Waals surface area contributed by atoms with Crippen LogP contribution in [0.5, 0.6) is 0 Å². The Hall–Kier alpha value is -2.82. The summed E-state index contributed by atoms with van der Waals surface area (Å²) in [5.74, 6) is -2.42. The molecule has 0 aliphatic rings. The van der Waals surface area contributed by atoms with E-state index in [4.69, 9.17) is 24.8 Å². The molecular formula is C47H82NO10P. The van der Waals surface area contributed by atoms with Gasteiger partial charge in [0.15, 0.2) is 6.10 Å². The largest absolute Gasteiger partial charge is 0.480 e. The summed E-state index contributed by atoms with van der Waals surface area (Å²) >= 11 is 0. The topological polar surface area (TPSA) is 172 Å². The van der Waals surface area contributed by atoms with E-state index in [9.17, 15) is 23.8 Å². The van der Waals surface area contributed by atoms with Crippen LogP contribution in [-0.4, -0.2) is 59.9 Å². The maximum absolute atomic E-state index is 12.6. The lowest BCUT2D eigenvalue weighted by atomic mass is 10.1. The summed E-state index contributed by atoms with van der Waals surface area (Å²) in [5, 5.41) is 8.90. The second kappa shape index (κ2) is 41.9. The van der Waals surface area contributed by atoms with E-state index in [-0.39, 0.29) is 19.4 Å². The molecule has 0 amide bonds. The lowest BCUT2D eigenvalue weighted by Gasteiger charge is -2.20. The molecule has 340 valence electrons. The Kier molecular flexibility index (Phi) is 39.9. The van der Waals surface area contributed by atoms with Crippen LogP contribution in [0, 0.1) is 0 Å². The monoisotopic (exact) mass is 852 g/mol. The normalized spacial score (nSPS) is 14.2. The number of carboxylic acid groups (broad SMARTS) is 1. The highest BCUT2D eigenvalue weighted by Crippen LogP contribution is 2.43. The van der Waals surface area contributed by atoms with E-state index in [0.717, 1.165) is 96.3 Å². The molecule has 0 bridgehead atoms. The number of rotatable bonds is 42. The predicted octanol–water partition coefficient (Wildman–Crippen LogP) is 12.3. The number of allylic oxidation sites excluding steroid dienone is 10. The Morgan fingerprint density at radius 2 is 0.898 bits per heavy atom. The fourth-order valence-electron chi connectivity index (χ4n) is 5.87. The van der Waals surface area contributed by atoms with Gasteiger partial charge in [0.2, 0.25) is 0 Å². The van der Waals surface area contributed by atoms with E-state index in [1.165, 1.54) is 51.4 Å². The Labute approximate surface area is 357 Å². The average molecular weight is 852 g/mol. The Morgan fingerprint density at radius 3 is 1.37 bits per heavy atom. The van der Waals surface area contributed by atoms with Crippen LogP contribution in [0.25, 0.3) is 0 Å². The molecule has 0 saturated heterocycles. The number of nitrogens with two attached hydrogens (primary N) is 1. The molecule has 11 nitrogen and oxygen atoms in total. The van der Waals surface area contributed by atoms with Crippen LogP contribution in [0.15, 0.2) is 60.8 Å². The first-order valence-corrected chi connectivity index (χ1v) is 24.3. The lowest BCUT2D eigenvalue weighted by molar-refractivity contribution is -0.161. The average Bonchev–Trinajstić information content (AvgIpc) is 3.21. The summed E-state index contributed by atoms with van der Waals surface area (Å²) < 4.78 is 32.7. The van der Waals surface area contributed by atoms with Crippen molar-refractivity contribution in [3.8, 4) is 0 Å². The quantitative estimate of drug-likeness (QED) is 0.0231. The molecule has 0 aliphatic carbocycles. The molecule has 3 unspecified atom stereocenters. The van der Waals surface area contributed by atoms with Crippen molar-refractivity contribution < 1.29 is 47.5 Å². The summed E-state index contributed by atoms with van der Waals surface area (Å²) in [6.45, 7) is 2.73. The van der Waals surface area contributed by atoms with Gasteiger partial charge in [-0.3, -0.25) is 23.4 Å². The number of hydrogen-bond acceptors (Lipinski definition) is 9. The van der Waals surface area contributed by atoms with Crippen LogP contribution in [-0.2, 0) is 37.5 Å². The number of esters is 2. The van der Waals surface area contributed by atoms with Gasteiger partial charge in [0.05, 0.1) is 13.2 Å². The molecule has 12 heteroatoms. The van der Waals surface area contributed by atoms with Gasteiger partial charge in [-0.25, -0.2) is 4.57 Å². The first-order chi connectivity index (χ1) is 28.6. The molecule has 0 aliphatic heterocycles. The molecule has 0 aromatic carbocycles. The van der Waals surface area contributed by atoms with E-state index < -0.39 is 51.1 Å². The zero-order valence-corrected chi connectivity index (χ0v) is 37.7. The second-order valence-corrected chi connectivity index (χ2v) is 16.6. The van der Waals surface area contributed by atoms with Crippen LogP contribution in [0.2, 0.25) is 0 Å². The highest BCUT2D eigenvalue weighted by molar-refractivity contribution is 7.47. The second-order valence-electron chi connectivity index (χ2n) is 15.2. The van der Waals surface area contributed by atoms with Crippen molar-refractivity contribution in [2.75, 3.05) is 19.8 Å². The van der Waals surface area contributed by atoms with Crippen LogP contribution in [0.3, 0.4) is 0 Å². The van der Waals surface area contributed by atoms with Crippen molar-refractivity contribution in [1.29, 1.82) is 0 Å². The van der Waals surface area contributed by atoms with Gasteiger partial charge in [-0.2, -0.15) is 0 Å². The van der Waals surface area contributed by atoms with Gasteiger partial charge >= 0.3 is 25.7 Å². The van der Waals surface area contributed by atoms with E-state index in [0.29, 0.717) is 12.8 Å². The number of carbonyl (C=O) groups is 3. The van der Waals surface area contributed by atoms with Crippen molar-refractivity contribution in [2.45, 2.75) is 199 Å². The standard InChI is InChI=1S/C47H82NO10P/c1-3-5-7-9-11-13-15-17-19-21-22-23-25-27-29-31-33-35-37-39-46(50)58-43(41-56-59(53,54)57-42-44(48)47(51)52)40-55-45(49)38-36-34-32-30-28-26-24-20-18-16-14-12-10-8-6-4-2/h11,13-14,16-17,19-20,22-24,43-44H,3-10,12,15,18,21,25-42,48H2,1-2H3,(H,51,52)(H,53,54)/b13-11-,16-14-,19-17-,23-22-,24-20-. The zero-order chi connectivity index (χ0) is 43.5. The zero-order valence-electron chi connectivity index (χ0n) is 36.8. The number of aliphatic carboxylic acids is 1. The molecule has 0 radical (unpaired) electrons. The number of carboxylic acids is 1. The maximum atomic E-state index is 12.6. The smallest absolute Gasteiger partial charge is 0.472 e. The van der Waals surface area contributed by atoms with E-state index in [1.54, 1.807) is 0 Å². The van der Waals surface area contributed by atoms with E-state index in [2.05, 4.69) is 79.1 Å². The van der Waals surface area contributed by atoms with Gasteiger partial charge in [-0.15, -0.1) is 0 Å². The fraction of sp³-hybridized carbons (Fsp3) is 0.723. The fourth-order valence-corrected chi connectivity index (χ4v) is 6.64. The van der Waals surface area contributed by atoms with Crippen molar-refractivity contribution in [2.24, 2.45) is 5.73 Å². The SMILES string of the molecule is CCCCC/C=C\C/C=C\C/C=C\CCCCCCCCC(=O)OC(COC(=O)CCCCCCC/C=C\C/C=C\CCCCCC)COP(=O)(O)OCC(N)C(=O)O. The lowest BCUT2D eigenvalue weighted by Crippen LogP contribution is -2.34. The molecular weight excluding hydrogens is 769 g/mol. The Morgan fingerprint density at radius 1 is 0.525 bits per heavy atom. The molecule has 0 aromatic rings. The van der Waals surface area contributed by atoms with Gasteiger partial charge in [0.25, 0.3) is 0 Å². The molecule has 4 N–H and O–H groups in total. The number of unbranched alkanes of at least 4 members (excludes halogenated alkanes) is 18. The van der Waals surface area contributed by atoms with Crippen LogP contribution >= 0.6 is 7.82 Å². The Bertz CT molecular complexity index is 1230. The summed E-state index contributed by atoms with van der Waals surface area (Å²) in [6.07, 6.45) is 48.4. The van der Waals surface area contributed by atoms with Gasteiger partial charge in [0.1, 0.15) is 12.6 Å². The van der Waals surface area contributed by atoms with Crippen LogP contribution < -0.4 is 5.73 Å². The van der Waals surface area contributed by atoms with Crippen molar-refractivity contribution >= 4 is 25.7 Å². The minimum atomic E-state index is -4.73. The first-order valence-electron chi connectivity index (χ1n) is 22.8. The van der Waals surface area contributed by atoms with Gasteiger partial charge < -0.3 is 25.2 Å². The van der Waals surface area contributed by atoms with Crippen molar-refractivity contribution in [3.63, 3.8) is 0 Å². The molecule has 0 spiro atoms. The number of hydrogen-bond donors (Lipinski definition) is 3. The molecule has 0 fully saturated rings. The maximum Gasteiger partial charge on any atom is 0.472 e. The first kappa shape index (κ1) is 56.2. The Balaban J connectivity index is 4.40. The third kappa shape index (κ3) is 41.7. The van der Waals surface area contributed by atoms with Crippen LogP contribution in [0.4, 0.5) is 0 Å². The van der Waals surface area contributed by atoms with E-state index in [1.807, 2.05) is 0 Å². The third-order valence-electron chi connectivity index (χ3n) is 9.49. The molecule has 0 rings (SSSR count). The molecule has 0 heterocycles. The van der Waals surface area contributed by atoms with Gasteiger partial charge in [-0.1, -0.05) is 152 Å². The summed E-state index contributed by atoms with van der Waals surface area (Å²) in [5.41, 5.74) is 5.34. The van der Waals surface area contributed by atoms with Gasteiger partial charge in [-0.05, 0) is 83.5 Å². The number of carbonyl (C=O) groups excluding carboxylic acids is 2. The summed E-state index contributed by atoms with van der Waals surface area (Å²) in [7, 11) is -4.73. The number of phosphoric acid groups is 1. The van der Waals surface area contributed by atoms with E-state index >= 15 is 0 Å². The highest BCUT2D eigenvalue weighted by Gasteiger charge is 2.28. The molecule has 59 heavy (non-hydrogen) atoms. The molecule has 0 aromatic heterocycles. The molecule has 0 saturated carbocycles. The number of ether oxygens (including phenoxy) is 2. The minimum absolute atomic E-state index is 0.141. The summed E-state index contributed by atoms with van der Waals surface area (Å²) in [6, 6.07) is -1.53. The summed E-state index contributed by atoms with van der Waals surface area (Å²) in [4.78, 5) is 46.0. The highest BCUT2D eigenvalue weighted by atomic mass is 31.2. The minimum Gasteiger partial charge on any atom is -0.480 e. The third-order valence-corrected chi connectivity index (χ3v) is 10.4. The number of phosphoric ester groups is 1. The van der Waals surface area contributed by atoms with Gasteiger partial charge in [0, 0.05) is 12.8 Å².